The first-order valence-electron chi connectivity index (χ1n) is 9.72. The lowest BCUT2D eigenvalue weighted by molar-refractivity contribution is -0.384. The number of nitrogens with zero attached hydrogens (tertiary/aromatic N) is 4. The van der Waals surface area contributed by atoms with E-state index in [0.717, 1.165) is 18.4 Å². The zero-order valence-electron chi connectivity index (χ0n) is 16.8. The Morgan fingerprint density at radius 2 is 1.68 bits per heavy atom. The number of benzene rings is 1. The highest BCUT2D eigenvalue weighted by Crippen LogP contribution is 2.37. The average molecular weight is 464 g/mol. The number of amides is 1. The Balaban J connectivity index is 1.63. The quantitative estimate of drug-likeness (QED) is 0.498. The molecule has 0 unspecified atom stereocenters. The first-order valence-corrected chi connectivity index (χ1v) is 11.6. The lowest BCUT2D eigenvalue weighted by Crippen LogP contribution is -2.52. The van der Waals surface area contributed by atoms with Crippen LogP contribution in [0, 0.1) is 16.0 Å². The standard InChI is InChI=1S/C18H23F3N4O5S/c1-31(29,30)24-10-8-23(9-11-24)17(26)13-4-6-22(7-5-13)15-3-2-14(18(19,20)21)12-16(15)25(27)28/h2-3,12-13H,4-11H2,1H3. The van der Waals surface area contributed by atoms with Crippen molar-refractivity contribution in [1.29, 1.82) is 0 Å². The van der Waals surface area contributed by atoms with Crippen LogP contribution < -0.4 is 4.90 Å². The van der Waals surface area contributed by atoms with Crippen molar-refractivity contribution in [2.24, 2.45) is 5.92 Å². The number of piperazine rings is 1. The molecule has 1 aromatic carbocycles. The first kappa shape index (κ1) is 23.3. The number of anilines is 1. The topological polar surface area (TPSA) is 104 Å². The third-order valence-corrected chi connectivity index (χ3v) is 7.01. The molecule has 172 valence electrons. The van der Waals surface area contributed by atoms with Gasteiger partial charge in [0.05, 0.1) is 16.7 Å². The molecule has 2 saturated heterocycles. The number of carbonyl (C=O) groups is 1. The summed E-state index contributed by atoms with van der Waals surface area (Å²) in [6.07, 6.45) is -2.74. The van der Waals surface area contributed by atoms with Gasteiger partial charge < -0.3 is 9.80 Å². The van der Waals surface area contributed by atoms with Crippen molar-refractivity contribution in [3.05, 3.63) is 33.9 Å². The summed E-state index contributed by atoms with van der Waals surface area (Å²) in [6, 6.07) is 2.46. The summed E-state index contributed by atoms with van der Waals surface area (Å²) in [4.78, 5) is 26.5. The molecule has 2 fully saturated rings. The molecule has 1 aromatic rings. The molecule has 0 spiro atoms. The Morgan fingerprint density at radius 3 is 2.16 bits per heavy atom. The zero-order valence-corrected chi connectivity index (χ0v) is 17.7. The highest BCUT2D eigenvalue weighted by molar-refractivity contribution is 7.88. The number of hydrogen-bond donors (Lipinski definition) is 0. The number of halogens is 3. The molecular formula is C18H23F3N4O5S. The Morgan fingerprint density at radius 1 is 1.10 bits per heavy atom. The fourth-order valence-electron chi connectivity index (χ4n) is 3.98. The van der Waals surface area contributed by atoms with Crippen molar-refractivity contribution in [2.45, 2.75) is 19.0 Å². The minimum Gasteiger partial charge on any atom is -0.366 e. The monoisotopic (exact) mass is 464 g/mol. The molecule has 31 heavy (non-hydrogen) atoms. The molecule has 9 nitrogen and oxygen atoms in total. The molecule has 2 aliphatic rings. The van der Waals surface area contributed by atoms with E-state index in [1.807, 2.05) is 0 Å². The minimum atomic E-state index is -4.68. The number of carbonyl (C=O) groups excluding carboxylic acids is 1. The van der Waals surface area contributed by atoms with E-state index in [1.54, 1.807) is 9.80 Å². The van der Waals surface area contributed by atoms with Gasteiger partial charge in [-0.1, -0.05) is 0 Å². The maximum Gasteiger partial charge on any atom is 0.416 e. The smallest absolute Gasteiger partial charge is 0.366 e. The number of nitro groups is 1. The Kier molecular flexibility index (Phi) is 6.46. The van der Waals surface area contributed by atoms with Crippen LogP contribution in [0.1, 0.15) is 18.4 Å². The van der Waals surface area contributed by atoms with Crippen LogP contribution in [0.25, 0.3) is 0 Å². The Hall–Kier alpha value is -2.41. The van der Waals surface area contributed by atoms with E-state index < -0.39 is 32.4 Å². The molecule has 13 heteroatoms. The van der Waals surface area contributed by atoms with Crippen molar-refractivity contribution in [3.8, 4) is 0 Å². The van der Waals surface area contributed by atoms with Crippen LogP contribution in [-0.4, -0.2) is 74.0 Å². The second kappa shape index (κ2) is 8.61. The molecular weight excluding hydrogens is 441 g/mol. The van der Waals surface area contributed by atoms with Gasteiger partial charge in [0, 0.05) is 51.3 Å². The number of hydrogen-bond acceptors (Lipinski definition) is 6. The summed E-state index contributed by atoms with van der Waals surface area (Å²) >= 11 is 0. The predicted octanol–water partition coefficient (Wildman–Crippen LogP) is 1.93. The molecule has 0 atom stereocenters. The summed E-state index contributed by atoms with van der Waals surface area (Å²) in [5.41, 5.74) is -1.59. The molecule has 0 N–H and O–H groups in total. The molecule has 0 saturated carbocycles. The lowest BCUT2D eigenvalue weighted by Gasteiger charge is -2.38. The van der Waals surface area contributed by atoms with Crippen molar-refractivity contribution in [1.82, 2.24) is 9.21 Å². The van der Waals surface area contributed by atoms with E-state index in [1.165, 1.54) is 4.31 Å². The van der Waals surface area contributed by atoms with E-state index >= 15 is 0 Å². The van der Waals surface area contributed by atoms with Gasteiger partial charge in [-0.15, -0.1) is 0 Å². The summed E-state index contributed by atoms with van der Waals surface area (Å²) in [6.45, 7) is 1.67. The van der Waals surface area contributed by atoms with Crippen molar-refractivity contribution < 1.29 is 31.3 Å². The van der Waals surface area contributed by atoms with Gasteiger partial charge in [0.25, 0.3) is 5.69 Å². The van der Waals surface area contributed by atoms with Gasteiger partial charge in [-0.25, -0.2) is 8.42 Å². The zero-order chi connectivity index (χ0) is 23.0. The molecule has 0 bridgehead atoms. The fraction of sp³-hybridized carbons (Fsp3) is 0.611. The molecule has 0 aromatic heterocycles. The molecule has 3 rings (SSSR count). The predicted molar refractivity (Wildman–Crippen MR) is 106 cm³/mol. The van der Waals surface area contributed by atoms with E-state index in [-0.39, 0.29) is 30.6 Å². The third-order valence-electron chi connectivity index (χ3n) is 5.70. The third kappa shape index (κ3) is 5.26. The highest BCUT2D eigenvalue weighted by Gasteiger charge is 2.36. The summed E-state index contributed by atoms with van der Waals surface area (Å²) in [7, 11) is -3.30. The SMILES string of the molecule is CS(=O)(=O)N1CCN(C(=O)C2CCN(c3ccc(C(F)(F)F)cc3[N+](=O)[O-])CC2)CC1. The van der Waals surface area contributed by atoms with Crippen LogP contribution in [0.15, 0.2) is 18.2 Å². The van der Waals surface area contributed by atoms with Gasteiger partial charge in [0.1, 0.15) is 5.69 Å². The number of piperidine rings is 1. The highest BCUT2D eigenvalue weighted by atomic mass is 32.2. The largest absolute Gasteiger partial charge is 0.416 e. The number of rotatable bonds is 4. The van der Waals surface area contributed by atoms with Crippen molar-refractivity contribution >= 4 is 27.3 Å². The van der Waals surface area contributed by atoms with Gasteiger partial charge in [0.2, 0.25) is 15.9 Å². The number of sulfonamides is 1. The van der Waals surface area contributed by atoms with Crippen LogP contribution in [0.4, 0.5) is 24.5 Å². The number of nitro benzene ring substituents is 1. The van der Waals surface area contributed by atoms with Gasteiger partial charge in [-0.3, -0.25) is 14.9 Å². The van der Waals surface area contributed by atoms with Crippen LogP contribution in [-0.2, 0) is 21.0 Å². The van der Waals surface area contributed by atoms with Crippen LogP contribution >= 0.6 is 0 Å². The molecule has 2 heterocycles. The number of alkyl halides is 3. The van der Waals surface area contributed by atoms with Gasteiger partial charge in [-0.2, -0.15) is 17.5 Å². The van der Waals surface area contributed by atoms with Crippen LogP contribution in [0.5, 0.6) is 0 Å². The van der Waals surface area contributed by atoms with E-state index in [4.69, 9.17) is 0 Å². The van der Waals surface area contributed by atoms with E-state index in [2.05, 4.69) is 0 Å². The van der Waals surface area contributed by atoms with E-state index in [0.29, 0.717) is 45.1 Å². The van der Waals surface area contributed by atoms with Crippen LogP contribution in [0.2, 0.25) is 0 Å². The molecule has 1 amide bonds. The second-order valence-corrected chi connectivity index (χ2v) is 9.69. The molecule has 0 radical (unpaired) electrons. The first-order chi connectivity index (χ1) is 14.4. The van der Waals surface area contributed by atoms with Gasteiger partial charge in [0.15, 0.2) is 0 Å². The maximum absolute atomic E-state index is 12.9. The van der Waals surface area contributed by atoms with Gasteiger partial charge in [-0.05, 0) is 25.0 Å². The van der Waals surface area contributed by atoms with Crippen molar-refractivity contribution in [2.75, 3.05) is 50.4 Å². The van der Waals surface area contributed by atoms with Gasteiger partial charge >= 0.3 is 6.18 Å². The fourth-order valence-corrected chi connectivity index (χ4v) is 4.81. The van der Waals surface area contributed by atoms with E-state index in [9.17, 15) is 36.5 Å². The summed E-state index contributed by atoms with van der Waals surface area (Å²) < 4.78 is 63.2. The summed E-state index contributed by atoms with van der Waals surface area (Å²) in [5.74, 6) is -0.399. The normalized spacial score (nSPS) is 19.5. The molecule has 2 aliphatic heterocycles. The minimum absolute atomic E-state index is 0.0882. The lowest BCUT2D eigenvalue weighted by atomic mass is 9.94. The van der Waals surface area contributed by atoms with Crippen LogP contribution in [0.3, 0.4) is 0 Å². The molecule has 0 aliphatic carbocycles. The van der Waals surface area contributed by atoms with Crippen molar-refractivity contribution in [3.63, 3.8) is 0 Å². The average Bonchev–Trinajstić information content (AvgIpc) is 2.71. The Labute approximate surface area is 177 Å². The summed E-state index contributed by atoms with van der Waals surface area (Å²) in [5, 5.41) is 11.3. The second-order valence-electron chi connectivity index (χ2n) is 7.71. The maximum atomic E-state index is 12.9. The Bertz CT molecular complexity index is 953.